The SMILES string of the molecule is COc1ccc(CN2C(=S)N(c3ccccc3)C(=O)[C@H]2c2ccccc2)cc1. The molecule has 5 heteroatoms. The third-order valence-corrected chi connectivity index (χ3v) is 5.26. The standard InChI is InChI=1S/C23H20N2O2S/c1-27-20-14-12-17(13-15-20)16-24-21(18-8-4-2-5-9-18)22(26)25(23(24)28)19-10-6-3-7-11-19/h2-15,21H,16H2,1H3/t21-/m1/s1. The summed E-state index contributed by atoms with van der Waals surface area (Å²) in [7, 11) is 1.65. The van der Waals surface area contributed by atoms with Gasteiger partial charge in [0.15, 0.2) is 5.11 Å². The van der Waals surface area contributed by atoms with Crippen molar-refractivity contribution in [3.63, 3.8) is 0 Å². The van der Waals surface area contributed by atoms with Crippen molar-refractivity contribution in [2.75, 3.05) is 12.0 Å². The van der Waals surface area contributed by atoms with E-state index in [0.717, 1.165) is 22.6 Å². The summed E-state index contributed by atoms with van der Waals surface area (Å²) in [5, 5.41) is 0.515. The first kappa shape index (κ1) is 18.2. The van der Waals surface area contributed by atoms with Crippen LogP contribution in [0.15, 0.2) is 84.9 Å². The summed E-state index contributed by atoms with van der Waals surface area (Å²) in [5.74, 6) is 0.769. The summed E-state index contributed by atoms with van der Waals surface area (Å²) in [6.07, 6.45) is 0. The first-order valence-corrected chi connectivity index (χ1v) is 9.47. The van der Waals surface area contributed by atoms with Crippen LogP contribution in [0.4, 0.5) is 5.69 Å². The predicted octanol–water partition coefficient (Wildman–Crippen LogP) is 4.57. The highest BCUT2D eigenvalue weighted by molar-refractivity contribution is 7.80. The largest absolute Gasteiger partial charge is 0.497 e. The van der Waals surface area contributed by atoms with Crippen molar-refractivity contribution in [3.05, 3.63) is 96.1 Å². The number of hydrogen-bond donors (Lipinski definition) is 0. The molecular weight excluding hydrogens is 368 g/mol. The lowest BCUT2D eigenvalue weighted by molar-refractivity contribution is -0.120. The van der Waals surface area contributed by atoms with Gasteiger partial charge in [-0.25, -0.2) is 0 Å². The summed E-state index contributed by atoms with van der Waals surface area (Å²) in [6.45, 7) is 0.539. The number of rotatable bonds is 5. The first-order chi connectivity index (χ1) is 13.7. The number of nitrogens with zero attached hydrogens (tertiary/aromatic N) is 2. The zero-order valence-electron chi connectivity index (χ0n) is 15.5. The molecule has 3 aromatic carbocycles. The van der Waals surface area contributed by atoms with Gasteiger partial charge in [0, 0.05) is 6.54 Å². The summed E-state index contributed by atoms with van der Waals surface area (Å²) in [4.78, 5) is 17.0. The van der Waals surface area contributed by atoms with Gasteiger partial charge in [-0.1, -0.05) is 60.7 Å². The molecule has 0 saturated carbocycles. The van der Waals surface area contributed by atoms with Crippen molar-refractivity contribution in [2.24, 2.45) is 0 Å². The number of amides is 1. The van der Waals surface area contributed by atoms with Gasteiger partial charge in [0.2, 0.25) is 0 Å². The van der Waals surface area contributed by atoms with Crippen molar-refractivity contribution >= 4 is 28.9 Å². The second kappa shape index (κ2) is 7.82. The number of para-hydroxylation sites is 1. The second-order valence-electron chi connectivity index (χ2n) is 6.58. The maximum absolute atomic E-state index is 13.4. The maximum Gasteiger partial charge on any atom is 0.260 e. The first-order valence-electron chi connectivity index (χ1n) is 9.06. The molecule has 1 heterocycles. The molecule has 1 fully saturated rings. The average Bonchev–Trinajstić information content (AvgIpc) is 2.99. The van der Waals surface area contributed by atoms with E-state index in [9.17, 15) is 4.79 Å². The number of methoxy groups -OCH3 is 1. The molecule has 0 radical (unpaired) electrons. The van der Waals surface area contributed by atoms with E-state index in [1.807, 2.05) is 89.8 Å². The Bertz CT molecular complexity index is 975. The zero-order chi connectivity index (χ0) is 19.5. The number of ether oxygens (including phenoxy) is 1. The summed E-state index contributed by atoms with van der Waals surface area (Å²) >= 11 is 5.75. The Kier molecular flexibility index (Phi) is 5.08. The highest BCUT2D eigenvalue weighted by Gasteiger charge is 2.43. The molecule has 0 aromatic heterocycles. The maximum atomic E-state index is 13.4. The lowest BCUT2D eigenvalue weighted by Crippen LogP contribution is -2.32. The minimum Gasteiger partial charge on any atom is -0.497 e. The molecule has 0 aliphatic carbocycles. The van der Waals surface area contributed by atoms with Crippen LogP contribution in [0, 0.1) is 0 Å². The lowest BCUT2D eigenvalue weighted by atomic mass is 10.0. The molecule has 0 N–H and O–H groups in total. The van der Waals surface area contributed by atoms with Gasteiger partial charge >= 0.3 is 0 Å². The Labute approximate surface area is 170 Å². The van der Waals surface area contributed by atoms with Gasteiger partial charge in [0.25, 0.3) is 5.91 Å². The second-order valence-corrected chi connectivity index (χ2v) is 6.95. The van der Waals surface area contributed by atoms with Crippen LogP contribution in [0.3, 0.4) is 0 Å². The predicted molar refractivity (Wildman–Crippen MR) is 114 cm³/mol. The van der Waals surface area contributed by atoms with Gasteiger partial charge in [-0.2, -0.15) is 0 Å². The Hall–Kier alpha value is -3.18. The minimum atomic E-state index is -0.448. The summed E-state index contributed by atoms with van der Waals surface area (Å²) < 4.78 is 5.24. The highest BCUT2D eigenvalue weighted by Crippen LogP contribution is 2.35. The van der Waals surface area contributed by atoms with E-state index in [2.05, 4.69) is 0 Å². The third-order valence-electron chi connectivity index (χ3n) is 4.84. The molecule has 140 valence electrons. The molecule has 1 atom stereocenters. The minimum absolute atomic E-state index is 0.0316. The van der Waals surface area contributed by atoms with E-state index in [1.54, 1.807) is 12.0 Å². The zero-order valence-corrected chi connectivity index (χ0v) is 16.3. The van der Waals surface area contributed by atoms with Crippen molar-refractivity contribution < 1.29 is 9.53 Å². The Morgan fingerprint density at radius 2 is 1.50 bits per heavy atom. The van der Waals surface area contributed by atoms with E-state index in [-0.39, 0.29) is 5.91 Å². The monoisotopic (exact) mass is 388 g/mol. The van der Waals surface area contributed by atoms with Crippen LogP contribution < -0.4 is 9.64 Å². The fourth-order valence-electron chi connectivity index (χ4n) is 3.45. The molecule has 28 heavy (non-hydrogen) atoms. The number of benzene rings is 3. The number of hydrogen-bond acceptors (Lipinski definition) is 3. The van der Waals surface area contributed by atoms with E-state index in [0.29, 0.717) is 11.7 Å². The Morgan fingerprint density at radius 1 is 0.893 bits per heavy atom. The molecular formula is C23H20N2O2S. The molecule has 4 nitrogen and oxygen atoms in total. The fourth-order valence-corrected chi connectivity index (χ4v) is 3.81. The van der Waals surface area contributed by atoms with Crippen molar-refractivity contribution in [2.45, 2.75) is 12.6 Å². The summed E-state index contributed by atoms with van der Waals surface area (Å²) in [6, 6.07) is 26.7. The molecule has 1 saturated heterocycles. The lowest BCUT2D eigenvalue weighted by Gasteiger charge is -2.24. The highest BCUT2D eigenvalue weighted by atomic mass is 32.1. The van der Waals surface area contributed by atoms with Crippen LogP contribution in [0.1, 0.15) is 17.2 Å². The fraction of sp³-hybridized carbons (Fsp3) is 0.130. The topological polar surface area (TPSA) is 32.8 Å². The normalized spacial score (nSPS) is 16.5. The van der Waals surface area contributed by atoms with E-state index in [4.69, 9.17) is 17.0 Å². The molecule has 0 unspecified atom stereocenters. The van der Waals surface area contributed by atoms with Crippen LogP contribution in [0.5, 0.6) is 5.75 Å². The van der Waals surface area contributed by atoms with E-state index >= 15 is 0 Å². The van der Waals surface area contributed by atoms with Crippen molar-refractivity contribution in [1.29, 1.82) is 0 Å². The molecule has 0 spiro atoms. The number of carbonyl (C=O) groups is 1. The van der Waals surface area contributed by atoms with E-state index < -0.39 is 6.04 Å². The molecule has 1 aliphatic heterocycles. The van der Waals surface area contributed by atoms with Gasteiger partial charge in [-0.3, -0.25) is 9.69 Å². The van der Waals surface area contributed by atoms with E-state index in [1.165, 1.54) is 0 Å². The molecule has 3 aromatic rings. The van der Waals surface area contributed by atoms with Crippen molar-refractivity contribution in [1.82, 2.24) is 4.90 Å². The van der Waals surface area contributed by atoms with Gasteiger partial charge < -0.3 is 9.64 Å². The molecule has 4 rings (SSSR count). The average molecular weight is 388 g/mol. The molecule has 1 amide bonds. The molecule has 0 bridgehead atoms. The number of thiocarbonyl (C=S) groups is 1. The molecule has 1 aliphatic rings. The van der Waals surface area contributed by atoms with Gasteiger partial charge in [0.1, 0.15) is 11.8 Å². The Balaban J connectivity index is 1.72. The van der Waals surface area contributed by atoms with Gasteiger partial charge in [0.05, 0.1) is 12.8 Å². The van der Waals surface area contributed by atoms with Gasteiger partial charge in [-0.05, 0) is 47.6 Å². The van der Waals surface area contributed by atoms with Crippen LogP contribution in [0.25, 0.3) is 0 Å². The number of anilines is 1. The Morgan fingerprint density at radius 3 is 2.11 bits per heavy atom. The third kappa shape index (κ3) is 3.37. The van der Waals surface area contributed by atoms with Crippen LogP contribution in [-0.2, 0) is 11.3 Å². The van der Waals surface area contributed by atoms with Crippen LogP contribution >= 0.6 is 12.2 Å². The van der Waals surface area contributed by atoms with Crippen LogP contribution in [-0.4, -0.2) is 23.0 Å². The van der Waals surface area contributed by atoms with Crippen LogP contribution in [0.2, 0.25) is 0 Å². The number of carbonyl (C=O) groups excluding carboxylic acids is 1. The quantitative estimate of drug-likeness (QED) is 0.600. The summed E-state index contributed by atoms with van der Waals surface area (Å²) in [5.41, 5.74) is 2.78. The van der Waals surface area contributed by atoms with Crippen molar-refractivity contribution in [3.8, 4) is 5.75 Å². The smallest absolute Gasteiger partial charge is 0.260 e. The van der Waals surface area contributed by atoms with Gasteiger partial charge in [-0.15, -0.1) is 0 Å².